The van der Waals surface area contributed by atoms with Crippen molar-refractivity contribution >= 4 is 17.2 Å². The van der Waals surface area contributed by atoms with E-state index in [2.05, 4.69) is 25.1 Å². The van der Waals surface area contributed by atoms with Gasteiger partial charge >= 0.3 is 0 Å². The average Bonchev–Trinajstić information content (AvgIpc) is 3.20. The lowest BCUT2D eigenvalue weighted by Crippen LogP contribution is -2.26. The van der Waals surface area contributed by atoms with Gasteiger partial charge in [-0.25, -0.2) is 4.98 Å². The van der Waals surface area contributed by atoms with Crippen molar-refractivity contribution in [3.63, 3.8) is 0 Å². The van der Waals surface area contributed by atoms with E-state index in [4.69, 9.17) is 0 Å². The highest BCUT2D eigenvalue weighted by Crippen LogP contribution is 2.28. The lowest BCUT2D eigenvalue weighted by Gasteiger charge is -2.24. The highest BCUT2D eigenvalue weighted by molar-refractivity contribution is 7.09. The first kappa shape index (κ1) is 16.1. The fraction of sp³-hybridized carbons (Fsp3) is 0.625. The third-order valence-corrected chi connectivity index (χ3v) is 5.48. The molecular weight excluding hydrogens is 310 g/mol. The third kappa shape index (κ3) is 4.16. The van der Waals surface area contributed by atoms with Gasteiger partial charge in [-0.05, 0) is 26.2 Å². The lowest BCUT2D eigenvalue weighted by atomic mass is 9.95. The van der Waals surface area contributed by atoms with Crippen LogP contribution >= 0.6 is 11.3 Å². The summed E-state index contributed by atoms with van der Waals surface area (Å²) in [4.78, 5) is 17.4. The van der Waals surface area contributed by atoms with E-state index in [0.29, 0.717) is 19.0 Å². The van der Waals surface area contributed by atoms with E-state index in [0.717, 1.165) is 17.9 Å². The van der Waals surface area contributed by atoms with Gasteiger partial charge in [0.05, 0.1) is 17.7 Å². The van der Waals surface area contributed by atoms with Gasteiger partial charge in [-0.15, -0.1) is 21.5 Å². The zero-order valence-corrected chi connectivity index (χ0v) is 14.3. The van der Waals surface area contributed by atoms with Crippen molar-refractivity contribution in [1.29, 1.82) is 0 Å². The maximum atomic E-state index is 12.0. The zero-order chi connectivity index (χ0) is 16.1. The molecule has 124 valence electrons. The van der Waals surface area contributed by atoms with Crippen LogP contribution in [-0.4, -0.2) is 25.7 Å². The first-order chi connectivity index (χ1) is 11.2. The summed E-state index contributed by atoms with van der Waals surface area (Å²) in [6.07, 6.45) is 9.26. The second-order valence-electron chi connectivity index (χ2n) is 6.08. The maximum absolute atomic E-state index is 12.0. The normalized spacial score (nSPS) is 15.7. The SMILES string of the molecule is Cc1ncsc1CCC(=O)NCc1nncn1C1CCCCC1. The van der Waals surface area contributed by atoms with Crippen LogP contribution in [0.15, 0.2) is 11.8 Å². The van der Waals surface area contributed by atoms with Crippen LogP contribution in [0.1, 0.15) is 61.0 Å². The number of carbonyl (C=O) groups is 1. The summed E-state index contributed by atoms with van der Waals surface area (Å²) in [5, 5.41) is 11.2. The molecule has 0 saturated heterocycles. The van der Waals surface area contributed by atoms with E-state index >= 15 is 0 Å². The summed E-state index contributed by atoms with van der Waals surface area (Å²) in [7, 11) is 0. The monoisotopic (exact) mass is 333 g/mol. The minimum atomic E-state index is 0.0518. The Morgan fingerprint density at radius 3 is 2.96 bits per heavy atom. The van der Waals surface area contributed by atoms with Crippen molar-refractivity contribution in [3.05, 3.63) is 28.2 Å². The number of nitrogens with one attached hydrogen (secondary N) is 1. The summed E-state index contributed by atoms with van der Waals surface area (Å²) >= 11 is 1.61. The Balaban J connectivity index is 1.49. The number of thiazole rings is 1. The molecule has 0 aliphatic heterocycles. The van der Waals surface area contributed by atoms with Gasteiger partial charge in [0.1, 0.15) is 6.33 Å². The highest BCUT2D eigenvalue weighted by atomic mass is 32.1. The summed E-state index contributed by atoms with van der Waals surface area (Å²) < 4.78 is 2.15. The molecule has 0 atom stereocenters. The number of nitrogens with zero attached hydrogens (tertiary/aromatic N) is 4. The molecule has 2 aromatic heterocycles. The second kappa shape index (κ2) is 7.68. The minimum Gasteiger partial charge on any atom is -0.349 e. The molecule has 2 aromatic rings. The van der Waals surface area contributed by atoms with E-state index in [9.17, 15) is 4.79 Å². The topological polar surface area (TPSA) is 72.7 Å². The number of hydrogen-bond acceptors (Lipinski definition) is 5. The second-order valence-corrected chi connectivity index (χ2v) is 7.02. The predicted octanol–water partition coefficient (Wildman–Crippen LogP) is 2.80. The number of hydrogen-bond donors (Lipinski definition) is 1. The lowest BCUT2D eigenvalue weighted by molar-refractivity contribution is -0.121. The Morgan fingerprint density at radius 1 is 1.39 bits per heavy atom. The number of rotatable bonds is 6. The molecule has 6 nitrogen and oxygen atoms in total. The molecular formula is C16H23N5OS. The number of carbonyl (C=O) groups excluding carboxylic acids is 1. The van der Waals surface area contributed by atoms with Gasteiger partial charge in [-0.1, -0.05) is 19.3 Å². The Bertz CT molecular complexity index is 644. The van der Waals surface area contributed by atoms with Crippen molar-refractivity contribution < 1.29 is 4.79 Å². The number of amides is 1. The predicted molar refractivity (Wildman–Crippen MR) is 89.2 cm³/mol. The molecule has 2 heterocycles. The third-order valence-electron chi connectivity index (χ3n) is 4.48. The van der Waals surface area contributed by atoms with Crippen LogP contribution in [0, 0.1) is 6.92 Å². The van der Waals surface area contributed by atoms with Crippen LogP contribution in [0.3, 0.4) is 0 Å². The molecule has 0 unspecified atom stereocenters. The van der Waals surface area contributed by atoms with E-state index in [-0.39, 0.29) is 5.91 Å². The van der Waals surface area contributed by atoms with Crippen LogP contribution in [0.5, 0.6) is 0 Å². The smallest absolute Gasteiger partial charge is 0.220 e. The van der Waals surface area contributed by atoms with Gasteiger partial charge < -0.3 is 9.88 Å². The van der Waals surface area contributed by atoms with Crippen molar-refractivity contribution in [2.75, 3.05) is 0 Å². The summed E-state index contributed by atoms with van der Waals surface area (Å²) in [6.45, 7) is 2.44. The summed E-state index contributed by atoms with van der Waals surface area (Å²) in [5.74, 6) is 0.912. The summed E-state index contributed by atoms with van der Waals surface area (Å²) in [6, 6.07) is 0.491. The molecule has 23 heavy (non-hydrogen) atoms. The molecule has 1 amide bonds. The van der Waals surface area contributed by atoms with Gasteiger partial charge in [-0.3, -0.25) is 4.79 Å². The van der Waals surface area contributed by atoms with Crippen molar-refractivity contribution in [2.24, 2.45) is 0 Å². The van der Waals surface area contributed by atoms with E-state index in [1.807, 2.05) is 12.4 Å². The van der Waals surface area contributed by atoms with Crippen LogP contribution in [0.2, 0.25) is 0 Å². The molecule has 0 radical (unpaired) electrons. The number of aromatic nitrogens is 4. The van der Waals surface area contributed by atoms with Gasteiger partial charge in [0, 0.05) is 17.3 Å². The van der Waals surface area contributed by atoms with Crippen molar-refractivity contribution in [3.8, 4) is 0 Å². The van der Waals surface area contributed by atoms with E-state index < -0.39 is 0 Å². The standard InChI is InChI=1S/C16H23N5OS/c1-12-14(23-11-18-12)7-8-16(22)17-9-15-20-19-10-21(15)13-5-3-2-4-6-13/h10-11,13H,2-9H2,1H3,(H,17,22). The van der Waals surface area contributed by atoms with Crippen molar-refractivity contribution in [2.45, 2.75) is 64.5 Å². The molecule has 1 saturated carbocycles. The zero-order valence-electron chi connectivity index (χ0n) is 13.5. The van der Waals surface area contributed by atoms with E-state index in [1.54, 1.807) is 17.7 Å². The Kier molecular flexibility index (Phi) is 5.38. The molecule has 1 N–H and O–H groups in total. The van der Waals surface area contributed by atoms with Crippen LogP contribution in [0.4, 0.5) is 0 Å². The molecule has 1 fully saturated rings. The molecule has 0 spiro atoms. The highest BCUT2D eigenvalue weighted by Gasteiger charge is 2.18. The van der Waals surface area contributed by atoms with Crippen molar-refractivity contribution in [1.82, 2.24) is 25.1 Å². The van der Waals surface area contributed by atoms with Gasteiger partial charge in [0.2, 0.25) is 5.91 Å². The molecule has 7 heteroatoms. The first-order valence-corrected chi connectivity index (χ1v) is 9.16. The molecule has 0 bridgehead atoms. The molecule has 0 aromatic carbocycles. The van der Waals surface area contributed by atoms with Gasteiger partial charge in [-0.2, -0.15) is 0 Å². The van der Waals surface area contributed by atoms with Crippen LogP contribution in [0.25, 0.3) is 0 Å². The quantitative estimate of drug-likeness (QED) is 0.882. The van der Waals surface area contributed by atoms with Crippen LogP contribution < -0.4 is 5.32 Å². The Labute approximate surface area is 140 Å². The van der Waals surface area contributed by atoms with Crippen LogP contribution in [-0.2, 0) is 17.8 Å². The minimum absolute atomic E-state index is 0.0518. The van der Waals surface area contributed by atoms with Gasteiger partial charge in [0.15, 0.2) is 5.82 Å². The number of aryl methyl sites for hydroxylation is 2. The van der Waals surface area contributed by atoms with Gasteiger partial charge in [0.25, 0.3) is 0 Å². The maximum Gasteiger partial charge on any atom is 0.220 e. The Morgan fingerprint density at radius 2 is 2.22 bits per heavy atom. The first-order valence-electron chi connectivity index (χ1n) is 8.28. The summed E-state index contributed by atoms with van der Waals surface area (Å²) in [5.41, 5.74) is 2.86. The average molecular weight is 333 g/mol. The fourth-order valence-corrected chi connectivity index (χ4v) is 3.90. The van der Waals surface area contributed by atoms with E-state index in [1.165, 1.54) is 37.0 Å². The molecule has 1 aliphatic rings. The Hall–Kier alpha value is -1.76. The molecule has 3 rings (SSSR count). The fourth-order valence-electron chi connectivity index (χ4n) is 3.12. The largest absolute Gasteiger partial charge is 0.349 e. The molecule has 1 aliphatic carbocycles.